The Bertz CT molecular complexity index is 631. The molecule has 1 amide bonds. The van der Waals surface area contributed by atoms with Crippen LogP contribution >= 0.6 is 11.6 Å². The molecule has 0 radical (unpaired) electrons. The number of hydrogen-bond donors (Lipinski definition) is 2. The van der Waals surface area contributed by atoms with E-state index in [0.717, 1.165) is 10.9 Å². The molecule has 1 aromatic carbocycles. The van der Waals surface area contributed by atoms with Crippen molar-refractivity contribution in [1.29, 1.82) is 0 Å². The zero-order valence-electron chi connectivity index (χ0n) is 11.1. The lowest BCUT2D eigenvalue weighted by Crippen LogP contribution is -2.46. The van der Waals surface area contributed by atoms with Gasteiger partial charge in [0.2, 0.25) is 0 Å². The molecule has 0 atom stereocenters. The van der Waals surface area contributed by atoms with Gasteiger partial charge in [-0.1, -0.05) is 23.7 Å². The maximum absolute atomic E-state index is 12.2. The van der Waals surface area contributed by atoms with Gasteiger partial charge in [0.15, 0.2) is 11.3 Å². The summed E-state index contributed by atoms with van der Waals surface area (Å²) >= 11 is 6.04. The summed E-state index contributed by atoms with van der Waals surface area (Å²) in [6.07, 6.45) is 0. The number of fused-ring (bicyclic) bond motifs is 1. The molecule has 19 heavy (non-hydrogen) atoms. The number of aliphatic hydroxyl groups excluding tert-OH is 1. The maximum atomic E-state index is 12.2. The van der Waals surface area contributed by atoms with Crippen molar-refractivity contribution in [2.75, 3.05) is 6.61 Å². The maximum Gasteiger partial charge on any atom is 0.287 e. The number of aryl methyl sites for hydroxylation is 1. The van der Waals surface area contributed by atoms with Gasteiger partial charge in [-0.15, -0.1) is 0 Å². The van der Waals surface area contributed by atoms with E-state index in [0.29, 0.717) is 10.6 Å². The van der Waals surface area contributed by atoms with Crippen LogP contribution in [0.2, 0.25) is 5.02 Å². The number of hydrogen-bond acceptors (Lipinski definition) is 3. The van der Waals surface area contributed by atoms with Crippen molar-refractivity contribution in [1.82, 2.24) is 5.32 Å². The number of rotatable bonds is 3. The fraction of sp³-hybridized carbons (Fsp3) is 0.357. The highest BCUT2D eigenvalue weighted by Crippen LogP contribution is 2.30. The summed E-state index contributed by atoms with van der Waals surface area (Å²) in [6.45, 7) is 5.12. The highest BCUT2D eigenvalue weighted by Gasteiger charge is 2.24. The highest BCUT2D eigenvalue weighted by molar-refractivity contribution is 6.35. The quantitative estimate of drug-likeness (QED) is 0.909. The number of benzene rings is 1. The lowest BCUT2D eigenvalue weighted by Gasteiger charge is -2.22. The molecule has 2 aromatic rings. The summed E-state index contributed by atoms with van der Waals surface area (Å²) in [7, 11) is 0. The van der Waals surface area contributed by atoms with Crippen LogP contribution in [0.1, 0.15) is 30.0 Å². The first-order valence-corrected chi connectivity index (χ1v) is 6.34. The van der Waals surface area contributed by atoms with Gasteiger partial charge in [0, 0.05) is 10.9 Å². The standard InChI is InChI=1S/C14H16ClNO3/c1-8-9-5-4-6-10(15)12(9)19-11(8)13(18)16-14(2,3)7-17/h4-6,17H,7H2,1-3H3,(H,16,18). The van der Waals surface area contributed by atoms with E-state index < -0.39 is 5.54 Å². The average Bonchev–Trinajstić information content (AvgIpc) is 2.68. The second-order valence-corrected chi connectivity index (χ2v) is 5.58. The number of aliphatic hydroxyl groups is 1. The van der Waals surface area contributed by atoms with E-state index in [4.69, 9.17) is 16.0 Å². The third kappa shape index (κ3) is 2.60. The van der Waals surface area contributed by atoms with Crippen molar-refractivity contribution in [2.45, 2.75) is 26.3 Å². The minimum atomic E-state index is -0.702. The van der Waals surface area contributed by atoms with Gasteiger partial charge in [-0.25, -0.2) is 0 Å². The van der Waals surface area contributed by atoms with Gasteiger partial charge in [0.05, 0.1) is 17.2 Å². The molecule has 2 N–H and O–H groups in total. The van der Waals surface area contributed by atoms with Gasteiger partial charge in [0.1, 0.15) is 0 Å². The van der Waals surface area contributed by atoms with E-state index in [2.05, 4.69) is 5.32 Å². The summed E-state index contributed by atoms with van der Waals surface area (Å²) in [5.41, 5.74) is 0.545. The first-order valence-electron chi connectivity index (χ1n) is 5.97. The smallest absolute Gasteiger partial charge is 0.287 e. The first-order chi connectivity index (χ1) is 8.85. The van der Waals surface area contributed by atoms with Gasteiger partial charge in [-0.2, -0.15) is 0 Å². The molecule has 5 heteroatoms. The predicted molar refractivity (Wildman–Crippen MR) is 74.6 cm³/mol. The summed E-state index contributed by atoms with van der Waals surface area (Å²) in [6, 6.07) is 5.38. The van der Waals surface area contributed by atoms with Gasteiger partial charge in [0.25, 0.3) is 5.91 Å². The van der Waals surface area contributed by atoms with Crippen molar-refractivity contribution >= 4 is 28.5 Å². The van der Waals surface area contributed by atoms with Crippen molar-refractivity contribution in [3.8, 4) is 0 Å². The number of nitrogens with one attached hydrogen (secondary N) is 1. The molecule has 0 fully saturated rings. The van der Waals surface area contributed by atoms with Crippen LogP contribution < -0.4 is 5.32 Å². The highest BCUT2D eigenvalue weighted by atomic mass is 35.5. The molecule has 102 valence electrons. The van der Waals surface area contributed by atoms with E-state index in [9.17, 15) is 9.90 Å². The SMILES string of the molecule is Cc1c(C(=O)NC(C)(C)CO)oc2c(Cl)cccc12. The number of amides is 1. The Balaban J connectivity index is 2.44. The fourth-order valence-electron chi connectivity index (χ4n) is 1.83. The summed E-state index contributed by atoms with van der Waals surface area (Å²) in [5.74, 6) is -0.131. The first kappa shape index (κ1) is 13.9. The number of halogens is 1. The molecular weight excluding hydrogens is 266 g/mol. The van der Waals surface area contributed by atoms with Crippen molar-refractivity contribution < 1.29 is 14.3 Å². The van der Waals surface area contributed by atoms with E-state index in [1.54, 1.807) is 19.9 Å². The normalized spacial score (nSPS) is 11.8. The minimum absolute atomic E-state index is 0.154. The molecule has 0 unspecified atom stereocenters. The largest absolute Gasteiger partial charge is 0.449 e. The fourth-order valence-corrected chi connectivity index (χ4v) is 2.04. The Morgan fingerprint density at radius 1 is 1.47 bits per heavy atom. The molecule has 0 saturated carbocycles. The van der Waals surface area contributed by atoms with Crippen LogP contribution in [0.4, 0.5) is 0 Å². The van der Waals surface area contributed by atoms with Crippen LogP contribution in [0.15, 0.2) is 22.6 Å². The minimum Gasteiger partial charge on any atom is -0.449 e. The number of furan rings is 1. The third-order valence-electron chi connectivity index (χ3n) is 2.97. The Kier molecular flexibility index (Phi) is 3.56. The molecule has 2 rings (SSSR count). The van der Waals surface area contributed by atoms with Crippen LogP contribution in [0.3, 0.4) is 0 Å². The van der Waals surface area contributed by atoms with E-state index in [1.165, 1.54) is 0 Å². The van der Waals surface area contributed by atoms with Crippen molar-refractivity contribution in [2.24, 2.45) is 0 Å². The Morgan fingerprint density at radius 2 is 2.16 bits per heavy atom. The summed E-state index contributed by atoms with van der Waals surface area (Å²) in [4.78, 5) is 12.2. The number of para-hydroxylation sites is 1. The van der Waals surface area contributed by atoms with Gasteiger partial charge < -0.3 is 14.8 Å². The van der Waals surface area contributed by atoms with E-state index in [-0.39, 0.29) is 18.3 Å². The van der Waals surface area contributed by atoms with Crippen LogP contribution in [0, 0.1) is 6.92 Å². The van der Waals surface area contributed by atoms with E-state index in [1.807, 2.05) is 19.1 Å². The third-order valence-corrected chi connectivity index (χ3v) is 3.27. The molecule has 1 heterocycles. The molecule has 0 bridgehead atoms. The zero-order valence-corrected chi connectivity index (χ0v) is 11.8. The average molecular weight is 282 g/mol. The van der Waals surface area contributed by atoms with E-state index >= 15 is 0 Å². The Hall–Kier alpha value is -1.52. The lowest BCUT2D eigenvalue weighted by molar-refractivity contribution is 0.0842. The zero-order chi connectivity index (χ0) is 14.2. The molecule has 0 aliphatic rings. The topological polar surface area (TPSA) is 62.5 Å². The van der Waals surface area contributed by atoms with Crippen LogP contribution in [0.5, 0.6) is 0 Å². The monoisotopic (exact) mass is 281 g/mol. The number of carbonyl (C=O) groups is 1. The summed E-state index contributed by atoms with van der Waals surface area (Å²) < 4.78 is 5.56. The van der Waals surface area contributed by atoms with Gasteiger partial charge >= 0.3 is 0 Å². The molecule has 4 nitrogen and oxygen atoms in total. The van der Waals surface area contributed by atoms with Gasteiger partial charge in [-0.3, -0.25) is 4.79 Å². The van der Waals surface area contributed by atoms with Crippen molar-refractivity contribution in [3.05, 3.63) is 34.5 Å². The molecular formula is C14H16ClNO3. The second kappa shape index (κ2) is 4.87. The summed E-state index contributed by atoms with van der Waals surface area (Å²) in [5, 5.41) is 13.2. The Morgan fingerprint density at radius 3 is 2.74 bits per heavy atom. The van der Waals surface area contributed by atoms with Crippen LogP contribution in [-0.4, -0.2) is 23.2 Å². The Labute approximate surface area is 116 Å². The molecule has 0 saturated heterocycles. The molecule has 0 aliphatic carbocycles. The predicted octanol–water partition coefficient (Wildman–Crippen LogP) is 2.90. The number of carbonyl (C=O) groups excluding carboxylic acids is 1. The van der Waals surface area contributed by atoms with Crippen LogP contribution in [0.25, 0.3) is 11.0 Å². The van der Waals surface area contributed by atoms with Crippen molar-refractivity contribution in [3.63, 3.8) is 0 Å². The molecule has 0 aliphatic heterocycles. The second-order valence-electron chi connectivity index (χ2n) is 5.17. The molecule has 0 spiro atoms. The van der Waals surface area contributed by atoms with Gasteiger partial charge in [-0.05, 0) is 26.8 Å². The van der Waals surface area contributed by atoms with Crippen LogP contribution in [-0.2, 0) is 0 Å². The lowest BCUT2D eigenvalue weighted by atomic mass is 10.1. The molecule has 1 aromatic heterocycles.